The minimum Gasteiger partial charge on any atom is -0.493 e. The zero-order valence-corrected chi connectivity index (χ0v) is 13.7. The van der Waals surface area contributed by atoms with Crippen LogP contribution in [0, 0.1) is 5.92 Å². The number of carbonyl (C=O) groups is 1. The second kappa shape index (κ2) is 9.33. The smallest absolute Gasteiger partial charge is 0.257 e. The molecule has 1 heterocycles. The lowest BCUT2D eigenvalue weighted by molar-refractivity contribution is -0.123. The van der Waals surface area contributed by atoms with E-state index in [4.69, 9.17) is 9.47 Å². The number of ether oxygens (including phenoxy) is 2. The number of carbonyl (C=O) groups excluding carboxylic acids is 1. The maximum Gasteiger partial charge on any atom is 0.257 e. The third kappa shape index (κ3) is 5.24. The second-order valence-electron chi connectivity index (χ2n) is 5.03. The first-order valence-electron chi connectivity index (χ1n) is 7.14. The van der Waals surface area contributed by atoms with Crippen molar-refractivity contribution < 1.29 is 14.3 Å². The van der Waals surface area contributed by atoms with Gasteiger partial charge >= 0.3 is 0 Å². The zero-order valence-electron chi connectivity index (χ0n) is 12.9. The Kier molecular flexibility index (Phi) is 7.77. The molecule has 22 heavy (non-hydrogen) atoms. The Bertz CT molecular complexity index is 516. The van der Waals surface area contributed by atoms with Crippen LogP contribution in [0.3, 0.4) is 0 Å². The fourth-order valence-electron chi connectivity index (χ4n) is 2.04. The van der Waals surface area contributed by atoms with Gasteiger partial charge in [-0.15, -0.1) is 12.4 Å². The van der Waals surface area contributed by atoms with Crippen molar-refractivity contribution in [2.45, 2.75) is 6.92 Å². The summed E-state index contributed by atoms with van der Waals surface area (Å²) >= 11 is 0. The number of benzene rings is 1. The number of allylic oxidation sites excluding steroid dienone is 1. The predicted molar refractivity (Wildman–Crippen MR) is 89.8 cm³/mol. The van der Waals surface area contributed by atoms with Crippen molar-refractivity contribution in [2.75, 3.05) is 33.4 Å². The van der Waals surface area contributed by atoms with Crippen LogP contribution < -0.4 is 20.1 Å². The van der Waals surface area contributed by atoms with Crippen LogP contribution in [-0.2, 0) is 4.79 Å². The molecule has 0 unspecified atom stereocenters. The van der Waals surface area contributed by atoms with E-state index in [0.29, 0.717) is 24.0 Å². The van der Waals surface area contributed by atoms with Gasteiger partial charge in [-0.3, -0.25) is 4.79 Å². The quantitative estimate of drug-likeness (QED) is 0.803. The van der Waals surface area contributed by atoms with E-state index in [1.54, 1.807) is 7.11 Å². The molecule has 1 aromatic carbocycles. The van der Waals surface area contributed by atoms with E-state index in [2.05, 4.69) is 10.6 Å². The number of nitrogens with one attached hydrogen (secondary N) is 2. The van der Waals surface area contributed by atoms with E-state index in [1.165, 1.54) is 0 Å². The summed E-state index contributed by atoms with van der Waals surface area (Å²) in [4.78, 5) is 11.7. The van der Waals surface area contributed by atoms with Crippen molar-refractivity contribution in [1.29, 1.82) is 0 Å². The van der Waals surface area contributed by atoms with Crippen molar-refractivity contribution in [1.82, 2.24) is 10.6 Å². The van der Waals surface area contributed by atoms with Crippen LogP contribution >= 0.6 is 12.4 Å². The molecule has 5 nitrogen and oxygen atoms in total. The van der Waals surface area contributed by atoms with Crippen LogP contribution in [0.15, 0.2) is 24.3 Å². The lowest BCUT2D eigenvalue weighted by Gasteiger charge is -2.27. The monoisotopic (exact) mass is 326 g/mol. The predicted octanol–water partition coefficient (Wildman–Crippen LogP) is 1.86. The highest BCUT2D eigenvalue weighted by molar-refractivity contribution is 5.85. The first kappa shape index (κ1) is 18.3. The van der Waals surface area contributed by atoms with E-state index in [1.807, 2.05) is 37.3 Å². The summed E-state index contributed by atoms with van der Waals surface area (Å²) in [6.07, 6.45) is 3.93. The fraction of sp³-hybridized carbons (Fsp3) is 0.438. The van der Waals surface area contributed by atoms with Gasteiger partial charge in [0.15, 0.2) is 18.1 Å². The molecule has 0 aromatic heterocycles. The van der Waals surface area contributed by atoms with Gasteiger partial charge in [0.2, 0.25) is 0 Å². The Morgan fingerprint density at radius 1 is 1.41 bits per heavy atom. The van der Waals surface area contributed by atoms with Crippen molar-refractivity contribution in [3.05, 3.63) is 29.8 Å². The van der Waals surface area contributed by atoms with Gasteiger partial charge in [-0.1, -0.05) is 18.2 Å². The van der Waals surface area contributed by atoms with Crippen LogP contribution in [0.4, 0.5) is 0 Å². The minimum absolute atomic E-state index is 0. The van der Waals surface area contributed by atoms with Gasteiger partial charge in [-0.2, -0.15) is 0 Å². The van der Waals surface area contributed by atoms with Gasteiger partial charge in [0, 0.05) is 25.6 Å². The molecule has 6 heteroatoms. The van der Waals surface area contributed by atoms with Gasteiger partial charge in [-0.05, 0) is 24.6 Å². The Morgan fingerprint density at radius 3 is 2.77 bits per heavy atom. The van der Waals surface area contributed by atoms with Crippen molar-refractivity contribution in [2.24, 2.45) is 5.92 Å². The Balaban J connectivity index is 0.00000242. The van der Waals surface area contributed by atoms with E-state index >= 15 is 0 Å². The Hall–Kier alpha value is -1.72. The molecule has 122 valence electrons. The highest BCUT2D eigenvalue weighted by atomic mass is 35.5. The van der Waals surface area contributed by atoms with Gasteiger partial charge in [0.25, 0.3) is 5.91 Å². The molecule has 0 atom stereocenters. The average molecular weight is 327 g/mol. The molecule has 0 radical (unpaired) electrons. The molecular formula is C16H23ClN2O3. The van der Waals surface area contributed by atoms with E-state index in [-0.39, 0.29) is 24.9 Å². The van der Waals surface area contributed by atoms with Crippen LogP contribution in [-0.4, -0.2) is 39.3 Å². The highest BCUT2D eigenvalue weighted by Crippen LogP contribution is 2.28. The lowest BCUT2D eigenvalue weighted by Crippen LogP contribution is -2.48. The van der Waals surface area contributed by atoms with Crippen molar-refractivity contribution in [3.63, 3.8) is 0 Å². The number of hydrogen-bond donors (Lipinski definition) is 2. The fourth-order valence-corrected chi connectivity index (χ4v) is 2.04. The number of amides is 1. The first-order valence-corrected chi connectivity index (χ1v) is 7.14. The summed E-state index contributed by atoms with van der Waals surface area (Å²) in [5, 5.41) is 6.04. The normalized spacial score (nSPS) is 14.1. The molecule has 0 aliphatic carbocycles. The zero-order chi connectivity index (χ0) is 15.1. The number of methoxy groups -OCH3 is 1. The van der Waals surface area contributed by atoms with Gasteiger partial charge in [-0.25, -0.2) is 0 Å². The maximum atomic E-state index is 11.7. The van der Waals surface area contributed by atoms with Gasteiger partial charge < -0.3 is 20.1 Å². The largest absolute Gasteiger partial charge is 0.493 e. The lowest BCUT2D eigenvalue weighted by atomic mass is 10.0. The SMILES string of the molecule is C/C=C/c1ccc(OCC(=O)NCC2CNC2)c(OC)c1.Cl. The summed E-state index contributed by atoms with van der Waals surface area (Å²) in [6.45, 7) is 4.60. The van der Waals surface area contributed by atoms with Crippen LogP contribution in [0.5, 0.6) is 11.5 Å². The van der Waals surface area contributed by atoms with E-state index in [9.17, 15) is 4.79 Å². The molecule has 1 fully saturated rings. The Morgan fingerprint density at radius 2 is 2.18 bits per heavy atom. The minimum atomic E-state index is -0.110. The molecule has 2 N–H and O–H groups in total. The second-order valence-corrected chi connectivity index (χ2v) is 5.03. The van der Waals surface area contributed by atoms with Crippen LogP contribution in [0.25, 0.3) is 6.08 Å². The summed E-state index contributed by atoms with van der Waals surface area (Å²) < 4.78 is 10.8. The summed E-state index contributed by atoms with van der Waals surface area (Å²) in [5.74, 6) is 1.64. The molecule has 1 amide bonds. The van der Waals surface area contributed by atoms with Gasteiger partial charge in [0.1, 0.15) is 0 Å². The molecular weight excluding hydrogens is 304 g/mol. The molecule has 0 bridgehead atoms. The number of rotatable bonds is 7. The summed E-state index contributed by atoms with van der Waals surface area (Å²) in [6, 6.07) is 5.63. The molecule has 2 rings (SSSR count). The van der Waals surface area contributed by atoms with Crippen LogP contribution in [0.2, 0.25) is 0 Å². The Labute approximate surface area is 137 Å². The topological polar surface area (TPSA) is 59.6 Å². The summed E-state index contributed by atoms with van der Waals surface area (Å²) in [5.41, 5.74) is 1.03. The molecule has 1 aliphatic heterocycles. The van der Waals surface area contributed by atoms with Crippen LogP contribution in [0.1, 0.15) is 12.5 Å². The molecule has 1 aromatic rings. The number of halogens is 1. The maximum absolute atomic E-state index is 11.7. The molecule has 0 spiro atoms. The standard InChI is InChI=1S/C16H22N2O3.ClH/c1-3-4-12-5-6-14(15(7-12)20-2)21-11-16(19)18-10-13-8-17-9-13;/h3-7,13,17H,8-11H2,1-2H3,(H,18,19);1H/b4-3+;. The summed E-state index contributed by atoms with van der Waals surface area (Å²) in [7, 11) is 1.59. The highest BCUT2D eigenvalue weighted by Gasteiger charge is 2.17. The van der Waals surface area contributed by atoms with Crippen molar-refractivity contribution in [3.8, 4) is 11.5 Å². The van der Waals surface area contributed by atoms with E-state index in [0.717, 1.165) is 18.7 Å². The van der Waals surface area contributed by atoms with E-state index < -0.39 is 0 Å². The third-order valence-corrected chi connectivity index (χ3v) is 3.36. The average Bonchev–Trinajstić information content (AvgIpc) is 2.44. The third-order valence-electron chi connectivity index (χ3n) is 3.36. The number of hydrogen-bond acceptors (Lipinski definition) is 4. The molecule has 1 saturated heterocycles. The molecule has 1 aliphatic rings. The van der Waals surface area contributed by atoms with Crippen molar-refractivity contribution >= 4 is 24.4 Å². The molecule has 0 saturated carbocycles. The van der Waals surface area contributed by atoms with Gasteiger partial charge in [0.05, 0.1) is 7.11 Å². The first-order chi connectivity index (χ1) is 10.2.